The van der Waals surface area contributed by atoms with Crippen LogP contribution < -0.4 is 4.74 Å². The normalized spacial score (nSPS) is 19.5. The molecule has 1 aromatic carbocycles. The molecule has 1 aromatic rings. The van der Waals surface area contributed by atoms with E-state index in [0.29, 0.717) is 17.9 Å². The van der Waals surface area contributed by atoms with E-state index in [1.807, 2.05) is 34.6 Å². The summed E-state index contributed by atoms with van der Waals surface area (Å²) in [5, 5.41) is 10.6. The van der Waals surface area contributed by atoms with Crippen LogP contribution in [0, 0.1) is 0 Å². The van der Waals surface area contributed by atoms with Gasteiger partial charge in [0.05, 0.1) is 31.3 Å². The average molecular weight is 350 g/mol. The summed E-state index contributed by atoms with van der Waals surface area (Å²) in [6.07, 6.45) is 0.0243. The van der Waals surface area contributed by atoms with Crippen molar-refractivity contribution in [2.75, 3.05) is 13.7 Å². The predicted octanol–water partition coefficient (Wildman–Crippen LogP) is 3.07. The molecule has 0 aliphatic carbocycles. The molecule has 0 saturated carbocycles. The van der Waals surface area contributed by atoms with Crippen LogP contribution in [0.4, 0.5) is 0 Å². The monoisotopic (exact) mass is 350 g/mol. The van der Waals surface area contributed by atoms with Gasteiger partial charge in [0.1, 0.15) is 0 Å². The van der Waals surface area contributed by atoms with Crippen LogP contribution in [0.25, 0.3) is 0 Å². The van der Waals surface area contributed by atoms with Gasteiger partial charge in [0.15, 0.2) is 11.5 Å². The number of phenolic OH excluding ortho intramolecular Hbond substituents is 1. The molecule has 7 heteroatoms. The first-order valence-corrected chi connectivity index (χ1v) is 8.50. The molecule has 1 fully saturated rings. The highest BCUT2D eigenvalue weighted by Crippen LogP contribution is 2.44. The molecule has 1 unspecified atom stereocenters. The second kappa shape index (κ2) is 7.26. The van der Waals surface area contributed by atoms with E-state index in [0.717, 1.165) is 0 Å². The van der Waals surface area contributed by atoms with Crippen molar-refractivity contribution in [3.63, 3.8) is 0 Å². The summed E-state index contributed by atoms with van der Waals surface area (Å²) in [5.41, 5.74) is -0.548. The highest BCUT2D eigenvalue weighted by molar-refractivity contribution is 6.48. The van der Waals surface area contributed by atoms with Crippen molar-refractivity contribution in [3.8, 4) is 11.5 Å². The first-order chi connectivity index (χ1) is 11.6. The highest BCUT2D eigenvalue weighted by atomic mass is 16.7. The highest BCUT2D eigenvalue weighted by Gasteiger charge is 2.54. The van der Waals surface area contributed by atoms with E-state index >= 15 is 0 Å². The Balaban J connectivity index is 2.41. The van der Waals surface area contributed by atoms with Gasteiger partial charge in [-0.15, -0.1) is 0 Å². The molecule has 0 radical (unpaired) electrons. The summed E-state index contributed by atoms with van der Waals surface area (Å²) in [5.74, 6) is -0.561. The second-order valence-corrected chi connectivity index (χ2v) is 7.14. The van der Waals surface area contributed by atoms with E-state index in [9.17, 15) is 9.90 Å². The molecule has 0 aromatic heterocycles. The minimum atomic E-state index is -0.688. The Kier molecular flexibility index (Phi) is 5.69. The Labute approximate surface area is 149 Å². The van der Waals surface area contributed by atoms with Gasteiger partial charge < -0.3 is 23.9 Å². The Morgan fingerprint density at radius 3 is 2.36 bits per heavy atom. The summed E-state index contributed by atoms with van der Waals surface area (Å²) in [7, 11) is 0.645. The van der Waals surface area contributed by atoms with Gasteiger partial charge in [-0.05, 0) is 46.2 Å². The van der Waals surface area contributed by atoms with Crippen molar-refractivity contribution < 1.29 is 28.7 Å². The fraction of sp³-hybridized carbons (Fsp3) is 0.611. The Hall–Kier alpha value is -1.73. The zero-order chi connectivity index (χ0) is 18.8. The molecule has 1 aliphatic rings. The van der Waals surface area contributed by atoms with Crippen LogP contribution in [0.3, 0.4) is 0 Å². The van der Waals surface area contributed by atoms with Gasteiger partial charge in [-0.1, -0.05) is 12.1 Å². The molecule has 6 nitrogen and oxygen atoms in total. The van der Waals surface area contributed by atoms with Gasteiger partial charge in [-0.2, -0.15) is 0 Å². The molecule has 0 bridgehead atoms. The lowest BCUT2D eigenvalue weighted by atomic mass is 9.66. The Morgan fingerprint density at radius 1 is 1.24 bits per heavy atom. The number of phenols is 1. The third-order valence-electron chi connectivity index (χ3n) is 4.94. The van der Waals surface area contributed by atoms with E-state index < -0.39 is 30.1 Å². The van der Waals surface area contributed by atoms with Gasteiger partial charge in [0.25, 0.3) is 0 Å². The maximum atomic E-state index is 12.0. The topological polar surface area (TPSA) is 74.2 Å². The third kappa shape index (κ3) is 3.93. The van der Waals surface area contributed by atoms with Crippen molar-refractivity contribution in [1.29, 1.82) is 0 Å². The van der Waals surface area contributed by atoms with Crippen LogP contribution in [0.2, 0.25) is 0 Å². The summed E-state index contributed by atoms with van der Waals surface area (Å²) >= 11 is 0. The molecule has 0 spiro atoms. The number of carbonyl (C=O) groups is 1. The third-order valence-corrected chi connectivity index (χ3v) is 4.94. The maximum Gasteiger partial charge on any atom is 0.466 e. The molecule has 1 heterocycles. The zero-order valence-electron chi connectivity index (χ0n) is 15.8. The first-order valence-electron chi connectivity index (χ1n) is 8.50. The number of methoxy groups -OCH3 is 1. The lowest BCUT2D eigenvalue weighted by Crippen LogP contribution is -2.41. The quantitative estimate of drug-likeness (QED) is 0.628. The van der Waals surface area contributed by atoms with Crippen LogP contribution in [0.1, 0.15) is 52.4 Å². The standard InChI is InChI=1S/C18H27BO6/c1-7-23-14-10-8-9-12(16(14)21)13(11-15(20)22-6)19-24-17(2,3)18(4,5)25-19/h8-10,13,21H,7,11H2,1-6H3. The Bertz CT molecular complexity index is 612. The van der Waals surface area contributed by atoms with E-state index in [-0.39, 0.29) is 12.2 Å². The summed E-state index contributed by atoms with van der Waals surface area (Å²) < 4.78 is 22.5. The van der Waals surface area contributed by atoms with Crippen molar-refractivity contribution in [2.24, 2.45) is 0 Å². The maximum absolute atomic E-state index is 12.0. The van der Waals surface area contributed by atoms with Gasteiger partial charge in [-0.3, -0.25) is 4.79 Å². The fourth-order valence-corrected chi connectivity index (χ4v) is 2.78. The number of carbonyl (C=O) groups excluding carboxylic acids is 1. The zero-order valence-corrected chi connectivity index (χ0v) is 15.8. The molecule has 1 atom stereocenters. The summed E-state index contributed by atoms with van der Waals surface area (Å²) in [6.45, 7) is 10.0. The number of hydrogen-bond donors (Lipinski definition) is 1. The van der Waals surface area contributed by atoms with Gasteiger partial charge in [0.2, 0.25) is 0 Å². The van der Waals surface area contributed by atoms with Crippen LogP contribution in [0.15, 0.2) is 18.2 Å². The minimum Gasteiger partial charge on any atom is -0.504 e. The number of hydrogen-bond acceptors (Lipinski definition) is 6. The summed E-state index contributed by atoms with van der Waals surface area (Å²) in [6, 6.07) is 5.20. The molecule has 25 heavy (non-hydrogen) atoms. The smallest absolute Gasteiger partial charge is 0.466 e. The molecule has 138 valence electrons. The predicted molar refractivity (Wildman–Crippen MR) is 94.7 cm³/mol. The lowest BCUT2D eigenvalue weighted by Gasteiger charge is -2.32. The number of esters is 1. The molecule has 2 rings (SSSR count). The molecular weight excluding hydrogens is 323 g/mol. The average Bonchev–Trinajstić information content (AvgIpc) is 2.75. The van der Waals surface area contributed by atoms with Crippen LogP contribution in [-0.4, -0.2) is 43.1 Å². The minimum absolute atomic E-state index is 0.00651. The summed E-state index contributed by atoms with van der Waals surface area (Å²) in [4.78, 5) is 12.0. The molecular formula is C18H27BO6. The lowest BCUT2D eigenvalue weighted by molar-refractivity contribution is -0.140. The molecule has 1 N–H and O–H groups in total. The van der Waals surface area contributed by atoms with E-state index in [1.165, 1.54) is 7.11 Å². The van der Waals surface area contributed by atoms with Gasteiger partial charge in [-0.25, -0.2) is 0 Å². The fourth-order valence-electron chi connectivity index (χ4n) is 2.78. The number of benzene rings is 1. The van der Waals surface area contributed by atoms with E-state index in [1.54, 1.807) is 18.2 Å². The van der Waals surface area contributed by atoms with Crippen molar-refractivity contribution in [3.05, 3.63) is 23.8 Å². The van der Waals surface area contributed by atoms with Crippen LogP contribution in [0.5, 0.6) is 11.5 Å². The van der Waals surface area contributed by atoms with Crippen molar-refractivity contribution in [2.45, 2.75) is 58.1 Å². The van der Waals surface area contributed by atoms with E-state index in [4.69, 9.17) is 18.8 Å². The largest absolute Gasteiger partial charge is 0.504 e. The van der Waals surface area contributed by atoms with Crippen LogP contribution in [-0.2, 0) is 18.8 Å². The Morgan fingerprint density at radius 2 is 1.84 bits per heavy atom. The van der Waals surface area contributed by atoms with Crippen molar-refractivity contribution in [1.82, 2.24) is 0 Å². The number of rotatable bonds is 6. The molecule has 0 amide bonds. The van der Waals surface area contributed by atoms with Gasteiger partial charge in [0, 0.05) is 5.82 Å². The van der Waals surface area contributed by atoms with Crippen LogP contribution >= 0.6 is 0 Å². The first kappa shape index (κ1) is 19.6. The molecule has 1 saturated heterocycles. The van der Waals surface area contributed by atoms with Gasteiger partial charge >= 0.3 is 13.1 Å². The van der Waals surface area contributed by atoms with E-state index in [2.05, 4.69) is 0 Å². The SMILES string of the molecule is CCOc1cccc(C(CC(=O)OC)B2OC(C)(C)C(C)(C)O2)c1O. The molecule has 1 aliphatic heterocycles. The number of para-hydroxylation sites is 1. The van der Waals surface area contributed by atoms with Crippen molar-refractivity contribution >= 4 is 13.1 Å². The second-order valence-electron chi connectivity index (χ2n) is 7.14. The number of ether oxygens (including phenoxy) is 2. The number of aromatic hydroxyl groups is 1.